The summed E-state index contributed by atoms with van der Waals surface area (Å²) >= 11 is 0. The largest absolute Gasteiger partial charge is 0.494 e. The van der Waals surface area contributed by atoms with E-state index in [0.29, 0.717) is 12.4 Å². The summed E-state index contributed by atoms with van der Waals surface area (Å²) in [7, 11) is 0. The molecule has 1 heterocycles. The van der Waals surface area contributed by atoms with Crippen molar-refractivity contribution >= 4 is 11.9 Å². The second kappa shape index (κ2) is 7.98. The SMILES string of the molecule is CCCOc1ccc(OCCN2C(=O)NC3(CCCCC3C)C2=O)cc1. The fraction of sp³-hybridized carbons (Fsp3) is 0.600. The average Bonchev–Trinajstić information content (AvgIpc) is 2.88. The summed E-state index contributed by atoms with van der Waals surface area (Å²) in [5.74, 6) is 1.58. The fourth-order valence-corrected chi connectivity index (χ4v) is 3.81. The molecule has 1 aromatic rings. The summed E-state index contributed by atoms with van der Waals surface area (Å²) in [6.07, 6.45) is 4.77. The first kappa shape index (κ1) is 18.5. The number of imide groups is 1. The maximum Gasteiger partial charge on any atom is 0.325 e. The quantitative estimate of drug-likeness (QED) is 0.757. The number of hydrogen-bond acceptors (Lipinski definition) is 4. The molecule has 3 rings (SSSR count). The van der Waals surface area contributed by atoms with Crippen LogP contribution < -0.4 is 14.8 Å². The molecule has 6 nitrogen and oxygen atoms in total. The van der Waals surface area contributed by atoms with Gasteiger partial charge in [-0.3, -0.25) is 9.69 Å². The maximum atomic E-state index is 12.9. The number of ether oxygens (including phenoxy) is 2. The Bertz CT molecular complexity index is 646. The van der Waals surface area contributed by atoms with Crippen LogP contribution in [0.2, 0.25) is 0 Å². The van der Waals surface area contributed by atoms with Gasteiger partial charge in [0.15, 0.2) is 0 Å². The highest BCUT2D eigenvalue weighted by molar-refractivity contribution is 6.07. The van der Waals surface area contributed by atoms with Gasteiger partial charge in [-0.15, -0.1) is 0 Å². The lowest BCUT2D eigenvalue weighted by atomic mass is 9.73. The molecule has 142 valence electrons. The van der Waals surface area contributed by atoms with Crippen LogP contribution in [-0.2, 0) is 4.79 Å². The smallest absolute Gasteiger partial charge is 0.325 e. The van der Waals surface area contributed by atoms with Gasteiger partial charge in [-0.1, -0.05) is 26.7 Å². The lowest BCUT2D eigenvalue weighted by Gasteiger charge is -2.36. The van der Waals surface area contributed by atoms with E-state index in [-0.39, 0.29) is 31.0 Å². The van der Waals surface area contributed by atoms with Crippen molar-refractivity contribution in [1.29, 1.82) is 0 Å². The first-order chi connectivity index (χ1) is 12.6. The highest BCUT2D eigenvalue weighted by Crippen LogP contribution is 2.38. The van der Waals surface area contributed by atoms with Crippen LogP contribution in [0, 0.1) is 5.92 Å². The molecule has 1 aliphatic heterocycles. The first-order valence-corrected chi connectivity index (χ1v) is 9.56. The second-order valence-corrected chi connectivity index (χ2v) is 7.17. The Morgan fingerprint density at radius 2 is 1.77 bits per heavy atom. The first-order valence-electron chi connectivity index (χ1n) is 9.56. The Hall–Kier alpha value is -2.24. The summed E-state index contributed by atoms with van der Waals surface area (Å²) < 4.78 is 11.2. The predicted octanol–water partition coefficient (Wildman–Crippen LogP) is 3.35. The van der Waals surface area contributed by atoms with Crippen LogP contribution in [0.3, 0.4) is 0 Å². The summed E-state index contributed by atoms with van der Waals surface area (Å²) in [5, 5.41) is 2.96. The molecule has 1 saturated heterocycles. The minimum absolute atomic E-state index is 0.0957. The van der Waals surface area contributed by atoms with Gasteiger partial charge in [0.25, 0.3) is 5.91 Å². The van der Waals surface area contributed by atoms with Gasteiger partial charge in [0.1, 0.15) is 23.6 Å². The Kier molecular flexibility index (Phi) is 5.69. The molecule has 2 fully saturated rings. The molecular weight excluding hydrogens is 332 g/mol. The molecule has 26 heavy (non-hydrogen) atoms. The van der Waals surface area contributed by atoms with E-state index in [1.807, 2.05) is 24.3 Å². The van der Waals surface area contributed by atoms with E-state index >= 15 is 0 Å². The van der Waals surface area contributed by atoms with Crippen molar-refractivity contribution in [2.75, 3.05) is 19.8 Å². The van der Waals surface area contributed by atoms with Crippen LogP contribution in [-0.4, -0.2) is 42.1 Å². The highest BCUT2D eigenvalue weighted by atomic mass is 16.5. The summed E-state index contributed by atoms with van der Waals surface area (Å²) in [4.78, 5) is 26.5. The van der Waals surface area contributed by atoms with Gasteiger partial charge < -0.3 is 14.8 Å². The van der Waals surface area contributed by atoms with Crippen LogP contribution in [0.1, 0.15) is 46.0 Å². The lowest BCUT2D eigenvalue weighted by Crippen LogP contribution is -2.54. The van der Waals surface area contributed by atoms with Crippen molar-refractivity contribution in [2.24, 2.45) is 5.92 Å². The highest BCUT2D eigenvalue weighted by Gasteiger charge is 2.54. The molecule has 0 aromatic heterocycles. The van der Waals surface area contributed by atoms with E-state index in [2.05, 4.69) is 19.2 Å². The summed E-state index contributed by atoms with van der Waals surface area (Å²) in [6, 6.07) is 7.09. The minimum atomic E-state index is -0.701. The monoisotopic (exact) mass is 360 g/mol. The standard InChI is InChI=1S/C20H28N2O4/c1-3-13-25-16-7-9-17(10-8-16)26-14-12-22-18(23)20(21-19(22)24)11-5-4-6-15(20)2/h7-10,15H,3-6,11-14H2,1-2H3,(H,21,24). The van der Waals surface area contributed by atoms with E-state index in [1.54, 1.807) is 0 Å². The Balaban J connectivity index is 1.53. The third kappa shape index (κ3) is 3.64. The van der Waals surface area contributed by atoms with E-state index in [1.165, 1.54) is 4.90 Å². The van der Waals surface area contributed by atoms with Crippen molar-refractivity contribution < 1.29 is 19.1 Å². The maximum absolute atomic E-state index is 12.9. The average molecular weight is 360 g/mol. The Labute approximate surface area is 154 Å². The molecular formula is C20H28N2O4. The molecule has 0 radical (unpaired) electrons. The molecule has 2 atom stereocenters. The number of carbonyl (C=O) groups excluding carboxylic acids is 2. The molecule has 6 heteroatoms. The molecule has 1 saturated carbocycles. The van der Waals surface area contributed by atoms with Crippen molar-refractivity contribution in [1.82, 2.24) is 10.2 Å². The van der Waals surface area contributed by atoms with Crippen LogP contribution in [0.25, 0.3) is 0 Å². The zero-order valence-corrected chi connectivity index (χ0v) is 15.6. The normalized spacial score (nSPS) is 25.5. The van der Waals surface area contributed by atoms with Gasteiger partial charge in [0.05, 0.1) is 13.2 Å². The van der Waals surface area contributed by atoms with E-state index in [0.717, 1.165) is 37.9 Å². The minimum Gasteiger partial charge on any atom is -0.494 e. The van der Waals surface area contributed by atoms with Gasteiger partial charge in [-0.2, -0.15) is 0 Å². The third-order valence-electron chi connectivity index (χ3n) is 5.38. The number of carbonyl (C=O) groups is 2. The number of nitrogens with zero attached hydrogens (tertiary/aromatic N) is 1. The zero-order valence-electron chi connectivity index (χ0n) is 15.6. The van der Waals surface area contributed by atoms with E-state index in [4.69, 9.17) is 9.47 Å². The fourth-order valence-electron chi connectivity index (χ4n) is 3.81. The number of hydrogen-bond donors (Lipinski definition) is 1. The van der Waals surface area contributed by atoms with Crippen LogP contribution >= 0.6 is 0 Å². The Morgan fingerprint density at radius 3 is 2.38 bits per heavy atom. The lowest BCUT2D eigenvalue weighted by molar-refractivity contribution is -0.134. The summed E-state index contributed by atoms with van der Waals surface area (Å²) in [5.41, 5.74) is -0.701. The number of nitrogens with one attached hydrogen (secondary N) is 1. The van der Waals surface area contributed by atoms with Crippen molar-refractivity contribution in [3.05, 3.63) is 24.3 Å². The molecule has 1 N–H and O–H groups in total. The van der Waals surface area contributed by atoms with Gasteiger partial charge in [0.2, 0.25) is 0 Å². The topological polar surface area (TPSA) is 67.9 Å². The van der Waals surface area contributed by atoms with Gasteiger partial charge in [-0.25, -0.2) is 4.79 Å². The molecule has 1 aliphatic carbocycles. The van der Waals surface area contributed by atoms with E-state index < -0.39 is 5.54 Å². The molecule has 2 unspecified atom stereocenters. The number of amides is 3. The number of benzene rings is 1. The molecule has 1 aromatic carbocycles. The molecule has 1 spiro atoms. The van der Waals surface area contributed by atoms with Gasteiger partial charge in [0, 0.05) is 0 Å². The second-order valence-electron chi connectivity index (χ2n) is 7.17. The van der Waals surface area contributed by atoms with Gasteiger partial charge in [-0.05, 0) is 49.4 Å². The predicted molar refractivity (Wildman–Crippen MR) is 98.3 cm³/mol. The van der Waals surface area contributed by atoms with Crippen molar-refractivity contribution in [3.8, 4) is 11.5 Å². The van der Waals surface area contributed by atoms with Crippen LogP contribution in [0.4, 0.5) is 4.79 Å². The number of rotatable bonds is 7. The third-order valence-corrected chi connectivity index (χ3v) is 5.38. The van der Waals surface area contributed by atoms with Crippen molar-refractivity contribution in [2.45, 2.75) is 51.5 Å². The molecule has 2 aliphatic rings. The van der Waals surface area contributed by atoms with Crippen LogP contribution in [0.5, 0.6) is 11.5 Å². The molecule has 0 bridgehead atoms. The summed E-state index contributed by atoms with van der Waals surface area (Å²) in [6.45, 7) is 5.34. The van der Waals surface area contributed by atoms with E-state index in [9.17, 15) is 9.59 Å². The zero-order chi connectivity index (χ0) is 18.6. The van der Waals surface area contributed by atoms with Crippen molar-refractivity contribution in [3.63, 3.8) is 0 Å². The number of urea groups is 1. The van der Waals surface area contributed by atoms with Gasteiger partial charge >= 0.3 is 6.03 Å². The van der Waals surface area contributed by atoms with Crippen LogP contribution in [0.15, 0.2) is 24.3 Å². The molecule has 3 amide bonds. The Morgan fingerprint density at radius 1 is 1.12 bits per heavy atom.